The number of benzene rings is 1. The van der Waals surface area contributed by atoms with Crippen molar-refractivity contribution in [2.75, 3.05) is 19.6 Å². The molecule has 140 valence electrons. The number of piperidine rings is 1. The molecule has 1 unspecified atom stereocenters. The topological polar surface area (TPSA) is 58.6 Å². The summed E-state index contributed by atoms with van der Waals surface area (Å²) in [6, 6.07) is 9.48. The van der Waals surface area contributed by atoms with E-state index in [2.05, 4.69) is 10.2 Å². The molecular weight excluding hydrogens is 328 g/mol. The molecule has 2 saturated heterocycles. The van der Waals surface area contributed by atoms with Gasteiger partial charge in [0.15, 0.2) is 0 Å². The van der Waals surface area contributed by atoms with Gasteiger partial charge in [0.25, 0.3) is 0 Å². The zero-order valence-corrected chi connectivity index (χ0v) is 15.3. The summed E-state index contributed by atoms with van der Waals surface area (Å²) in [7, 11) is 0. The summed E-state index contributed by atoms with van der Waals surface area (Å²) < 4.78 is 5.67. The Morgan fingerprint density at radius 1 is 1.12 bits per heavy atom. The number of rotatable bonds is 3. The summed E-state index contributed by atoms with van der Waals surface area (Å²) in [5.74, 6) is 0.118. The molecule has 2 aliphatic heterocycles. The normalized spacial score (nSPS) is 32.0. The second kappa shape index (κ2) is 7.39. The molecular formula is C21H28N2O3. The van der Waals surface area contributed by atoms with Crippen molar-refractivity contribution < 1.29 is 14.3 Å². The van der Waals surface area contributed by atoms with Crippen molar-refractivity contribution in [3.05, 3.63) is 35.9 Å². The van der Waals surface area contributed by atoms with Crippen LogP contribution in [0.2, 0.25) is 0 Å². The molecule has 0 radical (unpaired) electrons. The maximum Gasteiger partial charge on any atom is 0.338 e. The summed E-state index contributed by atoms with van der Waals surface area (Å²) in [6.45, 7) is 2.76. The monoisotopic (exact) mass is 356 g/mol. The van der Waals surface area contributed by atoms with Gasteiger partial charge in [0.1, 0.15) is 6.10 Å². The first-order valence-electron chi connectivity index (χ1n) is 9.96. The summed E-state index contributed by atoms with van der Waals surface area (Å²) >= 11 is 0. The third-order valence-electron chi connectivity index (χ3n) is 6.39. The molecule has 3 fully saturated rings. The zero-order chi connectivity index (χ0) is 18.0. The van der Waals surface area contributed by atoms with Crippen molar-refractivity contribution in [2.45, 2.75) is 57.1 Å². The third-order valence-corrected chi connectivity index (χ3v) is 6.39. The highest BCUT2D eigenvalue weighted by atomic mass is 16.5. The Morgan fingerprint density at radius 3 is 2.58 bits per heavy atom. The van der Waals surface area contributed by atoms with Crippen LogP contribution in [0.15, 0.2) is 30.3 Å². The van der Waals surface area contributed by atoms with Crippen LogP contribution in [0.4, 0.5) is 0 Å². The Morgan fingerprint density at radius 2 is 1.88 bits per heavy atom. The smallest absolute Gasteiger partial charge is 0.338 e. The number of carbonyl (C=O) groups is 2. The number of likely N-dealkylation sites (tertiary alicyclic amines) is 1. The quantitative estimate of drug-likeness (QED) is 0.846. The van der Waals surface area contributed by atoms with Gasteiger partial charge < -0.3 is 15.0 Å². The van der Waals surface area contributed by atoms with Gasteiger partial charge in [-0.15, -0.1) is 0 Å². The fourth-order valence-corrected chi connectivity index (χ4v) is 4.83. The Kier molecular flexibility index (Phi) is 4.98. The van der Waals surface area contributed by atoms with Gasteiger partial charge in [-0.05, 0) is 63.6 Å². The van der Waals surface area contributed by atoms with E-state index in [-0.39, 0.29) is 17.5 Å². The Hall–Kier alpha value is -1.88. The lowest BCUT2D eigenvalue weighted by Crippen LogP contribution is -2.48. The first kappa shape index (κ1) is 17.5. The Bertz CT molecular complexity index is 646. The number of nitrogens with zero attached hydrogens (tertiary/aromatic N) is 1. The van der Waals surface area contributed by atoms with Crippen LogP contribution in [-0.2, 0) is 9.53 Å². The Labute approximate surface area is 155 Å². The highest BCUT2D eigenvalue weighted by Crippen LogP contribution is 2.40. The lowest BCUT2D eigenvalue weighted by atomic mass is 9.79. The van der Waals surface area contributed by atoms with Gasteiger partial charge >= 0.3 is 5.97 Å². The molecule has 0 bridgehead atoms. The van der Waals surface area contributed by atoms with E-state index in [9.17, 15) is 9.59 Å². The molecule has 1 amide bonds. The molecule has 0 aromatic heterocycles. The van der Waals surface area contributed by atoms with Crippen molar-refractivity contribution in [3.8, 4) is 0 Å². The van der Waals surface area contributed by atoms with E-state index in [0.29, 0.717) is 17.5 Å². The highest BCUT2D eigenvalue weighted by Gasteiger charge is 2.49. The van der Waals surface area contributed by atoms with Crippen LogP contribution in [0.1, 0.15) is 55.3 Å². The van der Waals surface area contributed by atoms with E-state index in [0.717, 1.165) is 64.6 Å². The van der Waals surface area contributed by atoms with Crippen molar-refractivity contribution in [1.82, 2.24) is 10.2 Å². The average molecular weight is 356 g/mol. The molecule has 26 heavy (non-hydrogen) atoms. The number of amides is 1. The van der Waals surface area contributed by atoms with E-state index < -0.39 is 0 Å². The number of ether oxygens (including phenoxy) is 1. The molecule has 1 saturated carbocycles. The number of hydrogen-bond acceptors (Lipinski definition) is 4. The van der Waals surface area contributed by atoms with E-state index in [1.165, 1.54) is 0 Å². The predicted octanol–water partition coefficient (Wildman–Crippen LogP) is 2.76. The van der Waals surface area contributed by atoms with Crippen LogP contribution >= 0.6 is 0 Å². The molecule has 1 aliphatic carbocycles. The predicted molar refractivity (Wildman–Crippen MR) is 98.8 cm³/mol. The SMILES string of the molecule is O=C(OC1CCC(N2CCC3(CCCNC3)C2=O)CC1)c1ccccc1. The minimum absolute atomic E-state index is 0.0260. The van der Waals surface area contributed by atoms with Gasteiger partial charge in [-0.25, -0.2) is 4.79 Å². The van der Waals surface area contributed by atoms with Gasteiger partial charge in [-0.1, -0.05) is 18.2 Å². The lowest BCUT2D eigenvalue weighted by Gasteiger charge is -2.37. The summed E-state index contributed by atoms with van der Waals surface area (Å²) in [6.07, 6.45) is 6.64. The van der Waals surface area contributed by atoms with Crippen LogP contribution in [0.25, 0.3) is 0 Å². The van der Waals surface area contributed by atoms with Crippen LogP contribution in [-0.4, -0.2) is 48.6 Å². The van der Waals surface area contributed by atoms with E-state index in [1.54, 1.807) is 12.1 Å². The third kappa shape index (κ3) is 3.37. The van der Waals surface area contributed by atoms with Crippen LogP contribution in [0, 0.1) is 5.41 Å². The molecule has 1 aromatic carbocycles. The first-order valence-corrected chi connectivity index (χ1v) is 9.96. The highest BCUT2D eigenvalue weighted by molar-refractivity contribution is 5.89. The van der Waals surface area contributed by atoms with Crippen LogP contribution in [0.3, 0.4) is 0 Å². The van der Waals surface area contributed by atoms with E-state index >= 15 is 0 Å². The van der Waals surface area contributed by atoms with Crippen molar-refractivity contribution in [2.24, 2.45) is 5.41 Å². The summed E-state index contributed by atoms with van der Waals surface area (Å²) in [4.78, 5) is 27.4. The lowest BCUT2D eigenvalue weighted by molar-refractivity contribution is -0.139. The fourth-order valence-electron chi connectivity index (χ4n) is 4.83. The number of carbonyl (C=O) groups excluding carboxylic acids is 2. The van der Waals surface area contributed by atoms with E-state index in [1.807, 2.05) is 18.2 Å². The number of esters is 1. The van der Waals surface area contributed by atoms with Crippen molar-refractivity contribution in [3.63, 3.8) is 0 Å². The number of hydrogen-bond donors (Lipinski definition) is 1. The van der Waals surface area contributed by atoms with Gasteiger partial charge in [0, 0.05) is 19.1 Å². The largest absolute Gasteiger partial charge is 0.459 e. The van der Waals surface area contributed by atoms with Crippen LogP contribution < -0.4 is 5.32 Å². The van der Waals surface area contributed by atoms with Gasteiger partial charge in [0.2, 0.25) is 5.91 Å². The van der Waals surface area contributed by atoms with Crippen molar-refractivity contribution >= 4 is 11.9 Å². The molecule has 5 nitrogen and oxygen atoms in total. The molecule has 3 aliphatic rings. The second-order valence-corrected chi connectivity index (χ2v) is 8.01. The summed E-state index contributed by atoms with van der Waals surface area (Å²) in [5.41, 5.74) is 0.464. The molecule has 1 spiro atoms. The molecule has 5 heteroatoms. The first-order chi connectivity index (χ1) is 12.7. The second-order valence-electron chi connectivity index (χ2n) is 8.01. The van der Waals surface area contributed by atoms with Gasteiger partial charge in [-0.2, -0.15) is 0 Å². The summed E-state index contributed by atoms with van der Waals surface area (Å²) in [5, 5.41) is 3.41. The Balaban J connectivity index is 1.30. The number of nitrogens with one attached hydrogen (secondary N) is 1. The maximum atomic E-state index is 13.0. The molecule has 1 atom stereocenters. The molecule has 4 rings (SSSR count). The van der Waals surface area contributed by atoms with Crippen LogP contribution in [0.5, 0.6) is 0 Å². The maximum absolute atomic E-state index is 13.0. The van der Waals surface area contributed by atoms with Gasteiger partial charge in [-0.3, -0.25) is 4.79 Å². The zero-order valence-electron chi connectivity index (χ0n) is 15.3. The fraction of sp³-hybridized carbons (Fsp3) is 0.619. The average Bonchev–Trinajstić information content (AvgIpc) is 3.00. The van der Waals surface area contributed by atoms with Gasteiger partial charge in [0.05, 0.1) is 11.0 Å². The molecule has 2 heterocycles. The minimum atomic E-state index is -0.237. The standard InChI is InChI=1S/C21H28N2O3/c24-19(16-5-2-1-3-6-16)26-18-9-7-17(8-10-18)23-14-12-21(20(23)25)11-4-13-22-15-21/h1-3,5-6,17-18,22H,4,7-15H2. The molecule has 1 aromatic rings. The van der Waals surface area contributed by atoms with Crippen molar-refractivity contribution in [1.29, 1.82) is 0 Å². The minimum Gasteiger partial charge on any atom is -0.459 e. The van der Waals surface area contributed by atoms with E-state index in [4.69, 9.17) is 4.74 Å². The molecule has 1 N–H and O–H groups in total.